The van der Waals surface area contributed by atoms with E-state index in [0.717, 1.165) is 23.2 Å². The topological polar surface area (TPSA) is 60.2 Å². The van der Waals surface area contributed by atoms with Crippen LogP contribution >= 0.6 is 35.3 Å². The number of imidazole rings is 1. The zero-order valence-electron chi connectivity index (χ0n) is 17.1. The fourth-order valence-electron chi connectivity index (χ4n) is 3.27. The third-order valence-electron chi connectivity index (χ3n) is 4.77. The van der Waals surface area contributed by atoms with E-state index in [-0.39, 0.29) is 18.3 Å². The van der Waals surface area contributed by atoms with Crippen LogP contribution in [0, 0.1) is 6.92 Å². The zero-order valence-corrected chi connectivity index (χ0v) is 19.5. The molecular formula is C22H22Cl2N4O2S. The van der Waals surface area contributed by atoms with Gasteiger partial charge in [-0.05, 0) is 37.6 Å². The summed E-state index contributed by atoms with van der Waals surface area (Å²) in [6, 6.07) is 11.2. The van der Waals surface area contributed by atoms with E-state index in [4.69, 9.17) is 21.3 Å². The highest BCUT2D eigenvalue weighted by Crippen LogP contribution is 2.39. The molecule has 31 heavy (non-hydrogen) atoms. The second-order valence-electron chi connectivity index (χ2n) is 6.90. The van der Waals surface area contributed by atoms with Crippen LogP contribution in [0.4, 0.5) is 5.13 Å². The summed E-state index contributed by atoms with van der Waals surface area (Å²) in [7, 11) is 1.60. The number of anilines is 1. The molecule has 0 spiro atoms. The first-order valence-electron chi connectivity index (χ1n) is 9.54. The molecule has 4 aromatic rings. The standard InChI is InChI=1S/C22H21ClN4O2S.ClH/c1-15-5-3-6-16(13-15)21(28)27(11-4-10-26-12-9-24-14-26)22-25-19-18(29-2)8-7-17(23)20(19)30-22;/h3,5-9,12-14H,4,10-11H2,1-2H3;1H. The Kier molecular flexibility index (Phi) is 7.54. The molecule has 0 fully saturated rings. The van der Waals surface area contributed by atoms with Crippen LogP contribution in [0.25, 0.3) is 10.2 Å². The number of ether oxygens (including phenoxy) is 1. The third-order valence-corrected chi connectivity index (χ3v) is 6.30. The molecule has 0 saturated carbocycles. The van der Waals surface area contributed by atoms with Gasteiger partial charge in [-0.25, -0.2) is 9.97 Å². The van der Waals surface area contributed by atoms with Gasteiger partial charge in [0, 0.05) is 31.0 Å². The second-order valence-corrected chi connectivity index (χ2v) is 8.29. The van der Waals surface area contributed by atoms with Gasteiger partial charge in [0.25, 0.3) is 5.91 Å². The van der Waals surface area contributed by atoms with Crippen molar-refractivity contribution in [2.24, 2.45) is 0 Å². The van der Waals surface area contributed by atoms with Crippen LogP contribution in [0.3, 0.4) is 0 Å². The predicted molar refractivity (Wildman–Crippen MR) is 128 cm³/mol. The van der Waals surface area contributed by atoms with E-state index in [0.29, 0.717) is 33.5 Å². The number of thiazole rings is 1. The number of aryl methyl sites for hydroxylation is 2. The first-order valence-corrected chi connectivity index (χ1v) is 10.7. The lowest BCUT2D eigenvalue weighted by Crippen LogP contribution is -2.32. The Morgan fingerprint density at radius 3 is 2.84 bits per heavy atom. The molecule has 0 aliphatic heterocycles. The monoisotopic (exact) mass is 476 g/mol. The first-order chi connectivity index (χ1) is 14.6. The Bertz CT molecular complexity index is 1180. The molecule has 0 N–H and O–H groups in total. The van der Waals surface area contributed by atoms with Gasteiger partial charge < -0.3 is 9.30 Å². The van der Waals surface area contributed by atoms with Crippen molar-refractivity contribution in [2.75, 3.05) is 18.6 Å². The number of carbonyl (C=O) groups is 1. The molecule has 2 aromatic carbocycles. The second kappa shape index (κ2) is 10.1. The van der Waals surface area contributed by atoms with E-state index < -0.39 is 0 Å². The number of halogens is 2. The number of aromatic nitrogens is 3. The molecule has 0 bridgehead atoms. The number of amides is 1. The van der Waals surface area contributed by atoms with Gasteiger partial charge in [0.15, 0.2) is 5.13 Å². The first kappa shape index (κ1) is 23.1. The molecule has 6 nitrogen and oxygen atoms in total. The lowest BCUT2D eigenvalue weighted by atomic mass is 10.1. The van der Waals surface area contributed by atoms with Crippen LogP contribution in [0.15, 0.2) is 55.1 Å². The highest BCUT2D eigenvalue weighted by atomic mass is 35.5. The minimum Gasteiger partial charge on any atom is -0.494 e. The fourth-order valence-corrected chi connectivity index (χ4v) is 4.55. The summed E-state index contributed by atoms with van der Waals surface area (Å²) in [6.45, 7) is 3.25. The average Bonchev–Trinajstić information content (AvgIpc) is 3.42. The highest BCUT2D eigenvalue weighted by molar-refractivity contribution is 7.23. The Hall–Kier alpha value is -2.61. The number of carbonyl (C=O) groups excluding carboxylic acids is 1. The molecule has 162 valence electrons. The van der Waals surface area contributed by atoms with Crippen LogP contribution in [0.2, 0.25) is 5.02 Å². The van der Waals surface area contributed by atoms with Gasteiger partial charge in [-0.15, -0.1) is 12.4 Å². The Morgan fingerprint density at radius 1 is 1.29 bits per heavy atom. The zero-order chi connectivity index (χ0) is 21.1. The van der Waals surface area contributed by atoms with Gasteiger partial charge in [0.1, 0.15) is 11.3 Å². The van der Waals surface area contributed by atoms with Gasteiger partial charge in [0.2, 0.25) is 0 Å². The summed E-state index contributed by atoms with van der Waals surface area (Å²) in [5, 5.41) is 1.20. The molecule has 0 unspecified atom stereocenters. The number of benzene rings is 2. The number of methoxy groups -OCH3 is 1. The van der Waals surface area contributed by atoms with E-state index in [1.807, 2.05) is 42.0 Å². The fraction of sp³-hybridized carbons (Fsp3) is 0.227. The minimum atomic E-state index is -0.0847. The summed E-state index contributed by atoms with van der Waals surface area (Å²) >= 11 is 7.79. The van der Waals surface area contributed by atoms with Crippen molar-refractivity contribution >= 4 is 56.6 Å². The minimum absolute atomic E-state index is 0. The van der Waals surface area contributed by atoms with Crippen LogP contribution in [0.1, 0.15) is 22.3 Å². The van der Waals surface area contributed by atoms with Crippen molar-refractivity contribution < 1.29 is 9.53 Å². The molecule has 0 saturated heterocycles. The number of hydrogen-bond acceptors (Lipinski definition) is 5. The Morgan fingerprint density at radius 2 is 2.13 bits per heavy atom. The van der Waals surface area contributed by atoms with E-state index in [1.54, 1.807) is 36.7 Å². The maximum Gasteiger partial charge on any atom is 0.260 e. The summed E-state index contributed by atoms with van der Waals surface area (Å²) in [4.78, 5) is 23.9. The van der Waals surface area contributed by atoms with Crippen molar-refractivity contribution in [3.05, 3.63) is 71.3 Å². The van der Waals surface area contributed by atoms with Crippen molar-refractivity contribution in [3.63, 3.8) is 0 Å². The molecule has 9 heteroatoms. The number of rotatable bonds is 7. The lowest BCUT2D eigenvalue weighted by Gasteiger charge is -2.20. The molecule has 4 rings (SSSR count). The molecule has 2 heterocycles. The van der Waals surface area contributed by atoms with Crippen molar-refractivity contribution in [1.29, 1.82) is 0 Å². The van der Waals surface area contributed by atoms with Gasteiger partial charge in [0.05, 0.1) is 23.2 Å². The summed E-state index contributed by atoms with van der Waals surface area (Å²) in [6.07, 6.45) is 6.19. The summed E-state index contributed by atoms with van der Waals surface area (Å²) in [5.74, 6) is 0.553. The Balaban J connectivity index is 0.00000272. The number of nitrogens with zero attached hydrogens (tertiary/aromatic N) is 4. The highest BCUT2D eigenvalue weighted by Gasteiger charge is 2.23. The maximum absolute atomic E-state index is 13.4. The van der Waals surface area contributed by atoms with Gasteiger partial charge >= 0.3 is 0 Å². The van der Waals surface area contributed by atoms with Crippen LogP contribution < -0.4 is 9.64 Å². The van der Waals surface area contributed by atoms with Crippen LogP contribution in [-0.4, -0.2) is 34.1 Å². The Labute approximate surface area is 195 Å². The largest absolute Gasteiger partial charge is 0.494 e. The molecule has 1 amide bonds. The summed E-state index contributed by atoms with van der Waals surface area (Å²) in [5.41, 5.74) is 2.34. The van der Waals surface area contributed by atoms with Crippen molar-refractivity contribution in [2.45, 2.75) is 19.9 Å². The number of hydrogen-bond donors (Lipinski definition) is 0. The van der Waals surface area contributed by atoms with E-state index >= 15 is 0 Å². The molecule has 0 aliphatic carbocycles. The van der Waals surface area contributed by atoms with E-state index in [9.17, 15) is 4.79 Å². The molecular weight excluding hydrogens is 455 g/mol. The molecule has 0 aliphatic rings. The lowest BCUT2D eigenvalue weighted by molar-refractivity contribution is 0.0986. The van der Waals surface area contributed by atoms with Crippen LogP contribution in [0.5, 0.6) is 5.75 Å². The van der Waals surface area contributed by atoms with Crippen LogP contribution in [-0.2, 0) is 6.54 Å². The van der Waals surface area contributed by atoms with Gasteiger partial charge in [-0.1, -0.05) is 40.6 Å². The average molecular weight is 477 g/mol. The molecule has 2 aromatic heterocycles. The maximum atomic E-state index is 13.4. The molecule has 0 atom stereocenters. The SMILES string of the molecule is COc1ccc(Cl)c2sc(N(CCCn3ccnc3)C(=O)c3cccc(C)c3)nc12.Cl. The predicted octanol–water partition coefficient (Wildman–Crippen LogP) is 5.62. The normalized spacial score (nSPS) is 10.7. The summed E-state index contributed by atoms with van der Waals surface area (Å²) < 4.78 is 8.24. The van der Waals surface area contributed by atoms with Crippen molar-refractivity contribution in [3.8, 4) is 5.75 Å². The third kappa shape index (κ3) is 5.01. The number of fused-ring (bicyclic) bond motifs is 1. The smallest absolute Gasteiger partial charge is 0.260 e. The molecule has 0 radical (unpaired) electrons. The quantitative estimate of drug-likeness (QED) is 0.347. The van der Waals surface area contributed by atoms with Gasteiger partial charge in [-0.3, -0.25) is 9.69 Å². The van der Waals surface area contributed by atoms with E-state index in [2.05, 4.69) is 4.98 Å². The van der Waals surface area contributed by atoms with E-state index in [1.165, 1.54) is 11.3 Å². The van der Waals surface area contributed by atoms with Gasteiger partial charge in [-0.2, -0.15) is 0 Å². The van der Waals surface area contributed by atoms with Crippen molar-refractivity contribution in [1.82, 2.24) is 14.5 Å².